The van der Waals surface area contributed by atoms with E-state index in [-0.39, 0.29) is 5.82 Å². The predicted molar refractivity (Wildman–Crippen MR) is 106 cm³/mol. The van der Waals surface area contributed by atoms with E-state index in [9.17, 15) is 4.39 Å². The molecule has 0 aliphatic rings. The third-order valence-electron chi connectivity index (χ3n) is 4.31. The Morgan fingerprint density at radius 1 is 1.00 bits per heavy atom. The maximum Gasteiger partial charge on any atom is 0.187 e. The first-order valence-corrected chi connectivity index (χ1v) is 9.84. The number of hydrogen-bond donors (Lipinski definition) is 0. The maximum absolute atomic E-state index is 13.4. The maximum atomic E-state index is 13.4. The molecule has 10 heteroatoms. The lowest BCUT2D eigenvalue weighted by molar-refractivity contribution is 0.628. The van der Waals surface area contributed by atoms with Crippen LogP contribution in [0.5, 0.6) is 0 Å². The first kappa shape index (κ1) is 17.4. The second-order valence-corrected chi connectivity index (χ2v) is 6.87. The van der Waals surface area contributed by atoms with Crippen molar-refractivity contribution in [3.05, 3.63) is 67.0 Å². The third-order valence-corrected chi connectivity index (χ3v) is 4.87. The average molecular weight is 404 g/mol. The number of fused-ring (bicyclic) bond motifs is 1. The van der Waals surface area contributed by atoms with E-state index in [1.54, 1.807) is 27.5 Å². The Labute approximate surface area is 168 Å². The molecule has 0 spiro atoms. The second kappa shape index (κ2) is 7.06. The summed E-state index contributed by atoms with van der Waals surface area (Å²) in [7, 11) is 0. The third kappa shape index (κ3) is 3.23. The topological polar surface area (TPSA) is 86.7 Å². The Bertz CT molecular complexity index is 1310. The van der Waals surface area contributed by atoms with Crippen LogP contribution in [0, 0.1) is 5.82 Å². The van der Waals surface area contributed by atoms with Gasteiger partial charge in [-0.25, -0.2) is 19.0 Å². The van der Waals surface area contributed by atoms with Crippen LogP contribution in [0.15, 0.2) is 66.3 Å². The van der Waals surface area contributed by atoms with E-state index in [0.29, 0.717) is 22.3 Å². The molecule has 0 aliphatic heterocycles. The summed E-state index contributed by atoms with van der Waals surface area (Å²) >= 11 is 1.46. The molecule has 8 nitrogen and oxygen atoms in total. The van der Waals surface area contributed by atoms with Crippen molar-refractivity contribution in [3.63, 3.8) is 0 Å². The highest BCUT2D eigenvalue weighted by Gasteiger charge is 2.17. The van der Waals surface area contributed by atoms with Crippen molar-refractivity contribution < 1.29 is 4.39 Å². The Morgan fingerprint density at radius 3 is 2.69 bits per heavy atom. The molecule has 0 amide bonds. The smallest absolute Gasteiger partial charge is 0.187 e. The summed E-state index contributed by atoms with van der Waals surface area (Å²) in [5, 5.41) is 17.7. The number of benzene rings is 1. The van der Waals surface area contributed by atoms with Gasteiger partial charge in [-0.05, 0) is 48.7 Å². The van der Waals surface area contributed by atoms with Gasteiger partial charge in [0.05, 0.1) is 5.69 Å². The first-order valence-electron chi connectivity index (χ1n) is 8.62. The fourth-order valence-corrected chi connectivity index (χ4v) is 3.29. The molecular formula is C19H13FN8S. The van der Waals surface area contributed by atoms with Crippen molar-refractivity contribution >= 4 is 17.4 Å². The molecule has 5 rings (SSSR count). The van der Waals surface area contributed by atoms with Crippen molar-refractivity contribution in [1.29, 1.82) is 0 Å². The standard InChI is InChI=1S/C19H13FN8S/c1-29-19-21-9-8-15(23-19)14-10-27(17-7-6-16-24-22-11-28(16)25-17)26-18(14)12-2-4-13(20)5-3-12/h2-11H,1H3. The summed E-state index contributed by atoms with van der Waals surface area (Å²) in [5.41, 5.74) is 3.59. The lowest BCUT2D eigenvalue weighted by Crippen LogP contribution is -2.02. The monoisotopic (exact) mass is 404 g/mol. The molecule has 0 unspecified atom stereocenters. The van der Waals surface area contributed by atoms with Crippen molar-refractivity contribution in [2.45, 2.75) is 5.16 Å². The highest BCUT2D eigenvalue weighted by Crippen LogP contribution is 2.31. The van der Waals surface area contributed by atoms with E-state index in [1.807, 2.05) is 30.7 Å². The summed E-state index contributed by atoms with van der Waals surface area (Å²) in [6.07, 6.45) is 7.01. The van der Waals surface area contributed by atoms with Crippen LogP contribution in [0.3, 0.4) is 0 Å². The van der Waals surface area contributed by atoms with Crippen LogP contribution in [0.1, 0.15) is 0 Å². The molecule has 0 bridgehead atoms. The van der Waals surface area contributed by atoms with Gasteiger partial charge in [0.2, 0.25) is 0 Å². The zero-order valence-corrected chi connectivity index (χ0v) is 16.0. The van der Waals surface area contributed by atoms with Gasteiger partial charge in [0, 0.05) is 23.5 Å². The van der Waals surface area contributed by atoms with E-state index in [1.165, 1.54) is 30.2 Å². The van der Waals surface area contributed by atoms with Gasteiger partial charge in [0.15, 0.2) is 16.6 Å². The minimum Gasteiger partial charge on any atom is -0.231 e. The van der Waals surface area contributed by atoms with Gasteiger partial charge >= 0.3 is 0 Å². The van der Waals surface area contributed by atoms with Gasteiger partial charge in [-0.3, -0.25) is 0 Å². The van der Waals surface area contributed by atoms with E-state index >= 15 is 0 Å². The Hall–Kier alpha value is -3.66. The molecule has 0 saturated carbocycles. The van der Waals surface area contributed by atoms with Gasteiger partial charge in [0.25, 0.3) is 0 Å². The highest BCUT2D eigenvalue weighted by molar-refractivity contribution is 7.98. The number of rotatable bonds is 4. The fraction of sp³-hybridized carbons (Fsp3) is 0.0526. The Morgan fingerprint density at radius 2 is 1.86 bits per heavy atom. The molecule has 4 aromatic heterocycles. The SMILES string of the molecule is CSc1nccc(-c2cn(-c3ccc4nncn4n3)nc2-c2ccc(F)cc2)n1. The number of aromatic nitrogens is 8. The molecule has 0 N–H and O–H groups in total. The number of thioether (sulfide) groups is 1. The Balaban J connectivity index is 1.69. The van der Waals surface area contributed by atoms with E-state index in [4.69, 9.17) is 5.10 Å². The van der Waals surface area contributed by atoms with E-state index in [2.05, 4.69) is 25.3 Å². The molecule has 0 saturated heterocycles. The molecule has 0 fully saturated rings. The normalized spacial score (nSPS) is 11.2. The lowest BCUT2D eigenvalue weighted by Gasteiger charge is -2.03. The molecule has 1 aromatic carbocycles. The summed E-state index contributed by atoms with van der Waals surface area (Å²) in [6.45, 7) is 0. The van der Waals surface area contributed by atoms with Crippen molar-refractivity contribution in [2.24, 2.45) is 0 Å². The van der Waals surface area contributed by atoms with Gasteiger partial charge < -0.3 is 0 Å². The van der Waals surface area contributed by atoms with Crippen LogP contribution in [0.25, 0.3) is 34.0 Å². The van der Waals surface area contributed by atoms with Crippen LogP contribution in [0.4, 0.5) is 4.39 Å². The summed E-state index contributed by atoms with van der Waals surface area (Å²) in [6, 6.07) is 11.6. The molecule has 0 aliphatic carbocycles. The zero-order chi connectivity index (χ0) is 19.8. The average Bonchev–Trinajstić information content (AvgIpc) is 3.41. The molecule has 5 aromatic rings. The van der Waals surface area contributed by atoms with Crippen LogP contribution in [-0.4, -0.2) is 45.8 Å². The summed E-state index contributed by atoms with van der Waals surface area (Å²) in [5.74, 6) is 0.284. The second-order valence-electron chi connectivity index (χ2n) is 6.10. The minimum atomic E-state index is -0.304. The van der Waals surface area contributed by atoms with Crippen molar-refractivity contribution in [2.75, 3.05) is 6.26 Å². The first-order chi connectivity index (χ1) is 14.2. The highest BCUT2D eigenvalue weighted by atomic mass is 32.2. The number of halogens is 1. The zero-order valence-electron chi connectivity index (χ0n) is 15.1. The molecule has 0 atom stereocenters. The van der Waals surface area contributed by atoms with E-state index in [0.717, 1.165) is 16.8 Å². The Kier molecular flexibility index (Phi) is 4.24. The van der Waals surface area contributed by atoms with Gasteiger partial charge in [-0.1, -0.05) is 11.8 Å². The van der Waals surface area contributed by atoms with E-state index < -0.39 is 0 Å². The van der Waals surface area contributed by atoms with Gasteiger partial charge in [0.1, 0.15) is 17.8 Å². The summed E-state index contributed by atoms with van der Waals surface area (Å²) < 4.78 is 16.7. The largest absolute Gasteiger partial charge is 0.231 e. The van der Waals surface area contributed by atoms with Crippen molar-refractivity contribution in [1.82, 2.24) is 39.6 Å². The van der Waals surface area contributed by atoms with Crippen molar-refractivity contribution in [3.8, 4) is 28.3 Å². The van der Waals surface area contributed by atoms with Gasteiger partial charge in [-0.15, -0.1) is 15.3 Å². The van der Waals surface area contributed by atoms with Crippen LogP contribution >= 0.6 is 11.8 Å². The molecule has 0 radical (unpaired) electrons. The number of hydrogen-bond acceptors (Lipinski definition) is 7. The predicted octanol–water partition coefficient (Wildman–Crippen LogP) is 3.30. The molecule has 142 valence electrons. The minimum absolute atomic E-state index is 0.304. The quantitative estimate of drug-likeness (QED) is 0.335. The van der Waals surface area contributed by atoms with Gasteiger partial charge in [-0.2, -0.15) is 9.61 Å². The van der Waals surface area contributed by atoms with Crippen LogP contribution in [0.2, 0.25) is 0 Å². The molecular weight excluding hydrogens is 391 g/mol. The molecule has 29 heavy (non-hydrogen) atoms. The summed E-state index contributed by atoms with van der Waals surface area (Å²) in [4.78, 5) is 8.83. The lowest BCUT2D eigenvalue weighted by atomic mass is 10.1. The number of nitrogens with zero attached hydrogens (tertiary/aromatic N) is 8. The fourth-order valence-electron chi connectivity index (χ4n) is 2.93. The van der Waals surface area contributed by atoms with Crippen LogP contribution < -0.4 is 0 Å². The molecule has 4 heterocycles. The van der Waals surface area contributed by atoms with Crippen LogP contribution in [-0.2, 0) is 0 Å².